The highest BCUT2D eigenvalue weighted by molar-refractivity contribution is 7.13. The monoisotopic (exact) mass is 320 g/mol. The van der Waals surface area contributed by atoms with Gasteiger partial charge in [-0.15, -0.1) is 11.3 Å². The molecule has 0 bridgehead atoms. The van der Waals surface area contributed by atoms with Gasteiger partial charge >= 0.3 is 5.97 Å². The third-order valence-electron chi connectivity index (χ3n) is 2.88. The Kier molecular flexibility index (Phi) is 5.38. The average Bonchev–Trinajstić information content (AvgIpc) is 2.92. The number of thiazole rings is 1. The van der Waals surface area contributed by atoms with Crippen molar-refractivity contribution in [3.63, 3.8) is 0 Å². The molecule has 2 N–H and O–H groups in total. The van der Waals surface area contributed by atoms with E-state index in [1.165, 1.54) is 11.3 Å². The van der Waals surface area contributed by atoms with Gasteiger partial charge in [-0.25, -0.2) is 9.78 Å². The van der Waals surface area contributed by atoms with Crippen molar-refractivity contribution in [2.24, 2.45) is 5.92 Å². The first-order valence-electron chi connectivity index (χ1n) is 7.10. The first-order chi connectivity index (χ1) is 10.5. The molecule has 0 amide bonds. The van der Waals surface area contributed by atoms with E-state index in [1.54, 1.807) is 19.1 Å². The Morgan fingerprint density at radius 1 is 1.27 bits per heavy atom. The zero-order valence-corrected chi connectivity index (χ0v) is 13.7. The number of aromatic nitrogens is 1. The summed E-state index contributed by atoms with van der Waals surface area (Å²) in [6.45, 7) is 6.06. The van der Waals surface area contributed by atoms with Gasteiger partial charge in [-0.05, 0) is 37.1 Å². The lowest BCUT2D eigenvalue weighted by Crippen LogP contribution is -2.27. The maximum atomic E-state index is 11.8. The summed E-state index contributed by atoms with van der Waals surface area (Å²) in [6, 6.07) is 7.38. The smallest absolute Gasteiger partial charge is 0.347 e. The second kappa shape index (κ2) is 7.26. The van der Waals surface area contributed by atoms with Crippen LogP contribution in [0.4, 0.5) is 5.13 Å². The van der Waals surface area contributed by atoms with E-state index < -0.39 is 6.10 Å². The molecule has 1 unspecified atom stereocenters. The van der Waals surface area contributed by atoms with E-state index in [2.05, 4.69) is 4.98 Å². The van der Waals surface area contributed by atoms with Crippen LogP contribution in [0.25, 0.3) is 11.3 Å². The Morgan fingerprint density at radius 3 is 2.50 bits per heavy atom. The number of carbonyl (C=O) groups excluding carboxylic acids is 1. The number of hydrogen-bond donors (Lipinski definition) is 1. The lowest BCUT2D eigenvalue weighted by atomic mass is 10.2. The van der Waals surface area contributed by atoms with Crippen LogP contribution in [0.5, 0.6) is 5.75 Å². The minimum absolute atomic E-state index is 0.306. The Hall–Kier alpha value is -2.08. The van der Waals surface area contributed by atoms with Gasteiger partial charge in [0.25, 0.3) is 0 Å². The molecule has 22 heavy (non-hydrogen) atoms. The summed E-state index contributed by atoms with van der Waals surface area (Å²) in [5, 5.41) is 2.44. The Labute approximate surface area is 134 Å². The molecule has 0 aliphatic carbocycles. The number of nitrogen functional groups attached to an aromatic ring is 1. The molecule has 0 spiro atoms. The lowest BCUT2D eigenvalue weighted by molar-refractivity contribution is -0.152. The summed E-state index contributed by atoms with van der Waals surface area (Å²) in [7, 11) is 0. The van der Waals surface area contributed by atoms with E-state index in [9.17, 15) is 4.79 Å². The molecule has 1 atom stereocenters. The van der Waals surface area contributed by atoms with E-state index in [4.69, 9.17) is 15.2 Å². The molecule has 0 radical (unpaired) electrons. The summed E-state index contributed by atoms with van der Waals surface area (Å²) in [6.07, 6.45) is -0.639. The van der Waals surface area contributed by atoms with E-state index in [0.717, 1.165) is 11.3 Å². The molecule has 6 heteroatoms. The molecule has 5 nitrogen and oxygen atoms in total. The van der Waals surface area contributed by atoms with Gasteiger partial charge in [0, 0.05) is 10.9 Å². The molecule has 0 fully saturated rings. The van der Waals surface area contributed by atoms with Crippen LogP contribution < -0.4 is 10.5 Å². The second-order valence-electron chi connectivity index (χ2n) is 5.38. The Balaban J connectivity index is 1.94. The highest BCUT2D eigenvalue weighted by Crippen LogP contribution is 2.25. The number of carbonyl (C=O) groups is 1. The summed E-state index contributed by atoms with van der Waals surface area (Å²) in [4.78, 5) is 16.0. The highest BCUT2D eigenvalue weighted by Gasteiger charge is 2.16. The van der Waals surface area contributed by atoms with E-state index in [1.807, 2.05) is 31.4 Å². The number of esters is 1. The standard InChI is InChI=1S/C16H20N2O3S/c1-10(2)8-20-15(19)11(3)21-13-6-4-12(5-7-13)14-9-22-16(17)18-14/h4-7,9-11H,8H2,1-3H3,(H2,17,18). The second-order valence-corrected chi connectivity index (χ2v) is 6.27. The molecule has 2 rings (SSSR count). The van der Waals surface area contributed by atoms with Gasteiger partial charge in [0.1, 0.15) is 5.75 Å². The number of ether oxygens (including phenoxy) is 2. The van der Waals surface area contributed by atoms with Gasteiger partial charge in [0.15, 0.2) is 11.2 Å². The Bertz CT molecular complexity index is 623. The SMILES string of the molecule is CC(C)COC(=O)C(C)Oc1ccc(-c2csc(N)n2)cc1. The van der Waals surface area contributed by atoms with Crippen LogP contribution in [0.15, 0.2) is 29.6 Å². The molecule has 118 valence electrons. The van der Waals surface area contributed by atoms with Gasteiger partial charge < -0.3 is 15.2 Å². The first-order valence-corrected chi connectivity index (χ1v) is 7.98. The predicted octanol–water partition coefficient (Wildman–Crippen LogP) is 3.36. The van der Waals surface area contributed by atoms with Crippen molar-refractivity contribution in [3.8, 4) is 17.0 Å². The van der Waals surface area contributed by atoms with Crippen LogP contribution in [0.1, 0.15) is 20.8 Å². The number of anilines is 1. The third-order valence-corrected chi connectivity index (χ3v) is 3.55. The van der Waals surface area contributed by atoms with Crippen molar-refractivity contribution >= 4 is 22.4 Å². The molecule has 1 aromatic heterocycles. The number of rotatable bonds is 6. The van der Waals surface area contributed by atoms with Gasteiger partial charge in [0.2, 0.25) is 0 Å². The van der Waals surface area contributed by atoms with Gasteiger partial charge in [0.05, 0.1) is 12.3 Å². The number of benzene rings is 1. The van der Waals surface area contributed by atoms with E-state index >= 15 is 0 Å². The van der Waals surface area contributed by atoms with Crippen molar-refractivity contribution in [2.75, 3.05) is 12.3 Å². The molecule has 0 saturated carbocycles. The molecule has 0 aliphatic rings. The van der Waals surface area contributed by atoms with Crippen LogP contribution >= 0.6 is 11.3 Å². The fourth-order valence-electron chi connectivity index (χ4n) is 1.74. The summed E-state index contributed by atoms with van der Waals surface area (Å²) >= 11 is 1.40. The molecule has 2 aromatic rings. The van der Waals surface area contributed by atoms with E-state index in [0.29, 0.717) is 23.4 Å². The van der Waals surface area contributed by atoms with Crippen LogP contribution in [-0.4, -0.2) is 23.7 Å². The van der Waals surface area contributed by atoms with Gasteiger partial charge in [-0.2, -0.15) is 0 Å². The third kappa shape index (κ3) is 4.46. The van der Waals surface area contributed by atoms with Crippen molar-refractivity contribution < 1.29 is 14.3 Å². The first kappa shape index (κ1) is 16.3. The molecular weight excluding hydrogens is 300 g/mol. The maximum Gasteiger partial charge on any atom is 0.347 e. The van der Waals surface area contributed by atoms with Crippen LogP contribution in [0.2, 0.25) is 0 Å². The zero-order chi connectivity index (χ0) is 16.1. The summed E-state index contributed by atoms with van der Waals surface area (Å²) < 4.78 is 10.7. The molecular formula is C16H20N2O3S. The minimum Gasteiger partial charge on any atom is -0.479 e. The number of nitrogens with two attached hydrogens (primary N) is 1. The van der Waals surface area contributed by atoms with Crippen LogP contribution in [-0.2, 0) is 9.53 Å². The van der Waals surface area contributed by atoms with Crippen molar-refractivity contribution in [1.82, 2.24) is 4.98 Å². The topological polar surface area (TPSA) is 74.4 Å². The molecule has 0 aliphatic heterocycles. The molecule has 1 heterocycles. The zero-order valence-electron chi connectivity index (χ0n) is 12.9. The number of hydrogen-bond acceptors (Lipinski definition) is 6. The van der Waals surface area contributed by atoms with Gasteiger partial charge in [-0.3, -0.25) is 0 Å². The fraction of sp³-hybridized carbons (Fsp3) is 0.375. The van der Waals surface area contributed by atoms with Crippen LogP contribution in [0.3, 0.4) is 0 Å². The van der Waals surface area contributed by atoms with Crippen molar-refractivity contribution in [1.29, 1.82) is 0 Å². The quantitative estimate of drug-likeness (QED) is 0.826. The summed E-state index contributed by atoms with van der Waals surface area (Å²) in [5.74, 6) is 0.562. The van der Waals surface area contributed by atoms with Crippen molar-refractivity contribution in [3.05, 3.63) is 29.6 Å². The lowest BCUT2D eigenvalue weighted by Gasteiger charge is -2.15. The Morgan fingerprint density at radius 2 is 1.95 bits per heavy atom. The number of nitrogens with zero attached hydrogens (tertiary/aromatic N) is 1. The highest BCUT2D eigenvalue weighted by atomic mass is 32.1. The van der Waals surface area contributed by atoms with Crippen molar-refractivity contribution in [2.45, 2.75) is 26.9 Å². The molecule has 0 saturated heterocycles. The largest absolute Gasteiger partial charge is 0.479 e. The van der Waals surface area contributed by atoms with E-state index in [-0.39, 0.29) is 5.97 Å². The maximum absolute atomic E-state index is 11.8. The van der Waals surface area contributed by atoms with Gasteiger partial charge in [-0.1, -0.05) is 13.8 Å². The average molecular weight is 320 g/mol. The summed E-state index contributed by atoms with van der Waals surface area (Å²) in [5.41, 5.74) is 7.41. The normalized spacial score (nSPS) is 12.2. The minimum atomic E-state index is -0.639. The predicted molar refractivity (Wildman–Crippen MR) is 87.8 cm³/mol. The molecule has 1 aromatic carbocycles. The fourth-order valence-corrected chi connectivity index (χ4v) is 2.32. The van der Waals surface area contributed by atoms with Crippen LogP contribution in [0, 0.1) is 5.92 Å².